The maximum absolute atomic E-state index is 9.85. The first-order chi connectivity index (χ1) is 11.5. The Morgan fingerprint density at radius 2 is 1.24 bits per heavy atom. The van der Waals surface area contributed by atoms with Crippen LogP contribution >= 0.6 is 0 Å². The van der Waals surface area contributed by atoms with Gasteiger partial charge in [-0.05, 0) is 0 Å². The minimum atomic E-state index is -1.29. The van der Waals surface area contributed by atoms with E-state index in [2.05, 4.69) is 29.9 Å². The van der Waals surface area contributed by atoms with Gasteiger partial charge in [-0.1, -0.05) is 0 Å². The summed E-state index contributed by atoms with van der Waals surface area (Å²) >= 11 is 0. The van der Waals surface area contributed by atoms with Gasteiger partial charge in [0.15, 0.2) is 0 Å². The summed E-state index contributed by atoms with van der Waals surface area (Å²) in [7, 11) is 0. The molecule has 0 aliphatic rings. The van der Waals surface area contributed by atoms with E-state index in [-0.39, 0.29) is 16.5 Å². The number of aliphatic carboxylic acids is 2. The SMILES string of the molecule is NC(CC(=O)O)C(=O)O.[Ni].c1c[nH]cn1.c1c[nH]cn1.c1c[nH]cn1. The van der Waals surface area contributed by atoms with E-state index in [9.17, 15) is 9.59 Å². The summed E-state index contributed by atoms with van der Waals surface area (Å²) in [6.07, 6.45) is 14.7. The Morgan fingerprint density at radius 1 is 0.880 bits per heavy atom. The molecule has 1 unspecified atom stereocenters. The molecule has 0 saturated carbocycles. The summed E-state index contributed by atoms with van der Waals surface area (Å²) < 4.78 is 0. The van der Waals surface area contributed by atoms with Gasteiger partial charge < -0.3 is 30.9 Å². The van der Waals surface area contributed by atoms with Gasteiger partial charge in [-0.2, -0.15) is 0 Å². The van der Waals surface area contributed by atoms with Gasteiger partial charge in [0.2, 0.25) is 0 Å². The molecule has 1 atom stereocenters. The Morgan fingerprint density at radius 3 is 1.32 bits per heavy atom. The topological polar surface area (TPSA) is 187 Å². The van der Waals surface area contributed by atoms with E-state index in [1.807, 2.05) is 0 Å². The number of nitrogens with two attached hydrogens (primary N) is 1. The second kappa shape index (κ2) is 17.4. The van der Waals surface area contributed by atoms with Crippen molar-refractivity contribution in [3.05, 3.63) is 56.2 Å². The smallest absolute Gasteiger partial charge is 0.321 e. The van der Waals surface area contributed by atoms with Crippen LogP contribution in [-0.4, -0.2) is 58.1 Å². The molecular weight excluding hydrogens is 377 g/mol. The van der Waals surface area contributed by atoms with E-state index in [1.165, 1.54) is 0 Å². The van der Waals surface area contributed by atoms with Crippen molar-refractivity contribution in [3.63, 3.8) is 0 Å². The van der Waals surface area contributed by atoms with Crippen LogP contribution in [0, 0.1) is 0 Å². The van der Waals surface area contributed by atoms with Gasteiger partial charge in [0.1, 0.15) is 6.04 Å². The molecule has 0 fully saturated rings. The number of rotatable bonds is 3. The zero-order chi connectivity index (χ0) is 18.0. The standard InChI is InChI=1S/C4H7NO4.3C3H4N2.Ni/c5-2(4(8)9)1-3(6)7;3*1-2-5-3-4-1;/h2H,1,5H2,(H,6,7)(H,8,9);3*1-3H,(H,4,5);. The molecule has 0 bridgehead atoms. The Labute approximate surface area is 153 Å². The van der Waals surface area contributed by atoms with Crippen LogP contribution in [-0.2, 0) is 26.1 Å². The van der Waals surface area contributed by atoms with E-state index in [4.69, 9.17) is 15.9 Å². The van der Waals surface area contributed by atoms with Gasteiger partial charge in [-0.15, -0.1) is 0 Å². The van der Waals surface area contributed by atoms with Crippen LogP contribution < -0.4 is 5.73 Å². The second-order valence-electron chi connectivity index (χ2n) is 3.82. The van der Waals surface area contributed by atoms with Gasteiger partial charge >= 0.3 is 11.9 Å². The average Bonchev–Trinajstić information content (AvgIpc) is 3.35. The number of aromatic nitrogens is 6. The van der Waals surface area contributed by atoms with Crippen LogP contribution in [0.1, 0.15) is 6.42 Å². The van der Waals surface area contributed by atoms with Gasteiger partial charge in [0.25, 0.3) is 0 Å². The van der Waals surface area contributed by atoms with Crippen molar-refractivity contribution in [1.82, 2.24) is 29.9 Å². The van der Waals surface area contributed by atoms with Crippen LogP contribution in [0.4, 0.5) is 0 Å². The Hall–Kier alpha value is -2.98. The first-order valence-electron chi connectivity index (χ1n) is 6.52. The second-order valence-corrected chi connectivity index (χ2v) is 3.82. The Kier molecular flexibility index (Phi) is 16.9. The summed E-state index contributed by atoms with van der Waals surface area (Å²) in [4.78, 5) is 38.9. The number of nitrogens with one attached hydrogen (secondary N) is 3. The molecule has 0 spiro atoms. The van der Waals surface area contributed by atoms with Crippen LogP contribution in [0.25, 0.3) is 0 Å². The monoisotopic (exact) mass is 395 g/mol. The van der Waals surface area contributed by atoms with Crippen molar-refractivity contribution < 1.29 is 36.3 Å². The predicted octanol–water partition coefficient (Wildman–Crippen LogP) is 0.0996. The summed E-state index contributed by atoms with van der Waals surface area (Å²) in [5.41, 5.74) is 4.84. The quantitative estimate of drug-likeness (QED) is 0.336. The molecule has 0 radical (unpaired) electrons. The van der Waals surface area contributed by atoms with Gasteiger partial charge in [0.05, 0.1) is 25.4 Å². The molecule has 0 aliphatic carbocycles. The fourth-order valence-electron chi connectivity index (χ4n) is 0.921. The first-order valence-corrected chi connectivity index (χ1v) is 6.52. The largest absolute Gasteiger partial charge is 0.481 e. The third-order valence-corrected chi connectivity index (χ3v) is 1.93. The molecule has 0 amide bonds. The fourth-order valence-corrected chi connectivity index (χ4v) is 0.921. The molecule has 3 heterocycles. The van der Waals surface area contributed by atoms with Crippen molar-refractivity contribution in [2.24, 2.45) is 5.73 Å². The molecule has 140 valence electrons. The number of carboxylic acid groups (broad SMARTS) is 2. The number of hydrogen-bond donors (Lipinski definition) is 6. The van der Waals surface area contributed by atoms with Gasteiger partial charge in [-0.25, -0.2) is 15.0 Å². The zero-order valence-electron chi connectivity index (χ0n) is 12.9. The fraction of sp³-hybridized carbons (Fsp3) is 0.154. The average molecular weight is 396 g/mol. The van der Waals surface area contributed by atoms with Crippen molar-refractivity contribution in [2.45, 2.75) is 12.5 Å². The molecule has 7 N–H and O–H groups in total. The number of carboxylic acids is 2. The summed E-state index contributed by atoms with van der Waals surface area (Å²) in [6.45, 7) is 0. The van der Waals surface area contributed by atoms with E-state index in [0.717, 1.165) is 0 Å². The van der Waals surface area contributed by atoms with E-state index >= 15 is 0 Å². The van der Waals surface area contributed by atoms with Crippen LogP contribution in [0.5, 0.6) is 0 Å². The van der Waals surface area contributed by atoms with Gasteiger partial charge in [0, 0.05) is 53.7 Å². The van der Waals surface area contributed by atoms with Crippen LogP contribution in [0.15, 0.2) is 56.2 Å². The number of carbonyl (C=O) groups is 2. The maximum Gasteiger partial charge on any atom is 0.321 e. The van der Waals surface area contributed by atoms with Gasteiger partial charge in [-0.3, -0.25) is 9.59 Å². The van der Waals surface area contributed by atoms with Crippen molar-refractivity contribution >= 4 is 11.9 Å². The summed E-state index contributed by atoms with van der Waals surface area (Å²) in [6, 6.07) is -1.29. The van der Waals surface area contributed by atoms with E-state index < -0.39 is 24.4 Å². The number of imidazole rings is 3. The molecule has 0 saturated heterocycles. The van der Waals surface area contributed by atoms with E-state index in [0.29, 0.717) is 0 Å². The zero-order valence-corrected chi connectivity index (χ0v) is 13.9. The first kappa shape index (κ1) is 24.3. The summed E-state index contributed by atoms with van der Waals surface area (Å²) in [5.74, 6) is -2.50. The molecule has 12 heteroatoms. The number of H-pyrrole nitrogens is 3. The Balaban J connectivity index is 0. The van der Waals surface area contributed by atoms with Crippen LogP contribution in [0.3, 0.4) is 0 Å². The minimum Gasteiger partial charge on any atom is -0.481 e. The molecule has 25 heavy (non-hydrogen) atoms. The molecule has 3 aromatic rings. The van der Waals surface area contributed by atoms with E-state index in [1.54, 1.807) is 56.2 Å². The molecule has 0 aliphatic heterocycles. The maximum atomic E-state index is 9.85. The third kappa shape index (κ3) is 19.0. The van der Waals surface area contributed by atoms with Crippen molar-refractivity contribution in [1.29, 1.82) is 0 Å². The predicted molar refractivity (Wildman–Crippen MR) is 83.6 cm³/mol. The molecule has 0 aromatic carbocycles. The molecule has 3 aromatic heterocycles. The number of nitrogens with zero attached hydrogens (tertiary/aromatic N) is 3. The van der Waals surface area contributed by atoms with Crippen molar-refractivity contribution in [2.75, 3.05) is 0 Å². The third-order valence-electron chi connectivity index (χ3n) is 1.93. The summed E-state index contributed by atoms with van der Waals surface area (Å²) in [5, 5.41) is 16.0. The van der Waals surface area contributed by atoms with Crippen LogP contribution in [0.2, 0.25) is 0 Å². The number of hydrogen-bond acceptors (Lipinski definition) is 6. The van der Waals surface area contributed by atoms with Crippen molar-refractivity contribution in [3.8, 4) is 0 Å². The normalized spacial score (nSPS) is 9.32. The Bertz CT molecular complexity index is 488. The molecular formula is C13H19N7NiO4. The number of aromatic amines is 3. The minimum absolute atomic E-state index is 0. The molecule has 11 nitrogen and oxygen atoms in total. The molecule has 3 rings (SSSR count).